The average molecular weight is 278 g/mol. The molecule has 15 heavy (non-hydrogen) atoms. The molecule has 1 aliphatic rings. The summed E-state index contributed by atoms with van der Waals surface area (Å²) in [5.74, 6) is 0. The SMILES string of the molecule is CCC1=[C](c2ccccc2)[Zr]=[N]C1CC. The Morgan fingerprint density at radius 1 is 1.20 bits per heavy atom. The fourth-order valence-electron chi connectivity index (χ4n) is 2.06. The van der Waals surface area contributed by atoms with Crippen LogP contribution in [0.2, 0.25) is 0 Å². The predicted molar refractivity (Wildman–Crippen MR) is 60.2 cm³/mol. The average Bonchev–Trinajstić information content (AvgIpc) is 2.72. The van der Waals surface area contributed by atoms with Crippen molar-refractivity contribution in [2.45, 2.75) is 32.7 Å². The third-order valence-electron chi connectivity index (χ3n) is 2.89. The Bertz CT molecular complexity index is 392. The van der Waals surface area contributed by atoms with Gasteiger partial charge in [0, 0.05) is 0 Å². The van der Waals surface area contributed by atoms with Crippen molar-refractivity contribution < 1.29 is 23.1 Å². The van der Waals surface area contributed by atoms with E-state index in [2.05, 4.69) is 44.2 Å². The van der Waals surface area contributed by atoms with Crippen LogP contribution in [0.3, 0.4) is 0 Å². The Balaban J connectivity index is 2.40. The predicted octanol–water partition coefficient (Wildman–Crippen LogP) is 3.87. The van der Waals surface area contributed by atoms with Crippen molar-refractivity contribution in [1.29, 1.82) is 0 Å². The van der Waals surface area contributed by atoms with Gasteiger partial charge in [0.05, 0.1) is 0 Å². The molecule has 1 aromatic carbocycles. The van der Waals surface area contributed by atoms with Crippen LogP contribution in [0.15, 0.2) is 38.8 Å². The zero-order chi connectivity index (χ0) is 10.7. The maximum absolute atomic E-state index is 4.86. The van der Waals surface area contributed by atoms with Gasteiger partial charge in [0.2, 0.25) is 0 Å². The van der Waals surface area contributed by atoms with Crippen molar-refractivity contribution >= 4 is 3.28 Å². The van der Waals surface area contributed by atoms with E-state index in [0.717, 1.165) is 0 Å². The number of hydrogen-bond acceptors (Lipinski definition) is 1. The third kappa shape index (κ3) is 2.25. The normalized spacial score (nSPS) is 19.5. The van der Waals surface area contributed by atoms with E-state index in [0.29, 0.717) is 6.04 Å². The molecule has 0 bridgehead atoms. The first-order valence-electron chi connectivity index (χ1n) is 5.61. The molecular weight excluding hydrogens is 261 g/mol. The third-order valence-corrected chi connectivity index (χ3v) is 6.02. The Morgan fingerprint density at radius 2 is 1.93 bits per heavy atom. The summed E-state index contributed by atoms with van der Waals surface area (Å²) in [4.78, 5) is 0. The van der Waals surface area contributed by atoms with Crippen LogP contribution in [0.25, 0.3) is 3.28 Å². The van der Waals surface area contributed by atoms with Crippen LogP contribution in [-0.4, -0.2) is 6.04 Å². The fourth-order valence-corrected chi connectivity index (χ4v) is 5.52. The van der Waals surface area contributed by atoms with Crippen molar-refractivity contribution in [3.8, 4) is 0 Å². The molecule has 0 amide bonds. The topological polar surface area (TPSA) is 12.4 Å². The van der Waals surface area contributed by atoms with Crippen LogP contribution < -0.4 is 0 Å². The van der Waals surface area contributed by atoms with Gasteiger partial charge in [0.25, 0.3) is 0 Å². The molecule has 0 N–H and O–H groups in total. The van der Waals surface area contributed by atoms with Crippen LogP contribution in [0, 0.1) is 0 Å². The molecular formula is C13H16NZr. The number of benzene rings is 1. The fraction of sp³-hybridized carbons (Fsp3) is 0.385. The van der Waals surface area contributed by atoms with Gasteiger partial charge in [-0.3, -0.25) is 0 Å². The van der Waals surface area contributed by atoms with Gasteiger partial charge >= 0.3 is 103 Å². The van der Waals surface area contributed by atoms with Crippen molar-refractivity contribution in [2.75, 3.05) is 0 Å². The molecule has 0 saturated carbocycles. The summed E-state index contributed by atoms with van der Waals surface area (Å²) in [6.45, 7) is 4.51. The van der Waals surface area contributed by atoms with E-state index in [1.807, 2.05) is 0 Å². The van der Waals surface area contributed by atoms with E-state index in [1.165, 1.54) is 18.4 Å². The van der Waals surface area contributed by atoms with Crippen LogP contribution in [-0.2, 0) is 23.1 Å². The molecule has 1 atom stereocenters. The first kappa shape index (κ1) is 11.1. The Kier molecular flexibility index (Phi) is 3.80. The van der Waals surface area contributed by atoms with Crippen LogP contribution >= 0.6 is 0 Å². The number of rotatable bonds is 3. The molecule has 2 rings (SSSR count). The van der Waals surface area contributed by atoms with Crippen molar-refractivity contribution in [1.82, 2.24) is 0 Å². The Labute approximate surface area is 103 Å². The molecule has 0 radical (unpaired) electrons. The van der Waals surface area contributed by atoms with E-state index >= 15 is 0 Å². The molecule has 1 aliphatic heterocycles. The summed E-state index contributed by atoms with van der Waals surface area (Å²) in [6.07, 6.45) is 2.35. The quantitative estimate of drug-likeness (QED) is 0.795. The molecule has 0 aliphatic carbocycles. The van der Waals surface area contributed by atoms with Gasteiger partial charge < -0.3 is 0 Å². The van der Waals surface area contributed by atoms with Gasteiger partial charge in [-0.15, -0.1) is 0 Å². The summed E-state index contributed by atoms with van der Waals surface area (Å²) in [5.41, 5.74) is 3.05. The zero-order valence-corrected chi connectivity index (χ0v) is 11.8. The molecule has 1 unspecified atom stereocenters. The second-order valence-electron chi connectivity index (χ2n) is 3.78. The molecule has 1 nitrogen and oxygen atoms in total. The summed E-state index contributed by atoms with van der Waals surface area (Å²) >= 11 is -0.636. The van der Waals surface area contributed by atoms with Crippen molar-refractivity contribution in [3.63, 3.8) is 0 Å². The minimum absolute atomic E-state index is 0.553. The summed E-state index contributed by atoms with van der Waals surface area (Å²) in [5, 5.41) is 0. The van der Waals surface area contributed by atoms with E-state index in [-0.39, 0.29) is 0 Å². The summed E-state index contributed by atoms with van der Waals surface area (Å²) in [6, 6.07) is 11.4. The molecule has 0 aromatic heterocycles. The van der Waals surface area contributed by atoms with Gasteiger partial charge in [-0.2, -0.15) is 0 Å². The first-order valence-corrected chi connectivity index (χ1v) is 7.94. The van der Waals surface area contributed by atoms with Crippen molar-refractivity contribution in [2.24, 2.45) is 2.87 Å². The second-order valence-corrected chi connectivity index (χ2v) is 6.20. The minimum atomic E-state index is -0.636. The van der Waals surface area contributed by atoms with E-state index in [1.54, 1.807) is 8.85 Å². The zero-order valence-electron chi connectivity index (χ0n) is 9.33. The Morgan fingerprint density at radius 3 is 2.53 bits per heavy atom. The van der Waals surface area contributed by atoms with Crippen LogP contribution in [0.5, 0.6) is 0 Å². The van der Waals surface area contributed by atoms with Crippen LogP contribution in [0.4, 0.5) is 0 Å². The molecule has 0 spiro atoms. The monoisotopic (exact) mass is 276 g/mol. The molecule has 0 fully saturated rings. The summed E-state index contributed by atoms with van der Waals surface area (Å²) < 4.78 is 6.49. The van der Waals surface area contributed by atoms with Crippen LogP contribution in [0.1, 0.15) is 32.3 Å². The Hall–Kier alpha value is -0.357. The molecule has 1 heterocycles. The van der Waals surface area contributed by atoms with Gasteiger partial charge in [-0.05, 0) is 0 Å². The van der Waals surface area contributed by atoms with E-state index < -0.39 is 23.1 Å². The van der Waals surface area contributed by atoms with Gasteiger partial charge in [-0.25, -0.2) is 0 Å². The van der Waals surface area contributed by atoms with Gasteiger partial charge in [0.15, 0.2) is 0 Å². The standard InChI is InChI=1S/C13H16N.Zr/c1-3-12(13(14)4-2)10-11-8-6-5-7-9-11;/h5-9,13H,3-4H2,1-2H3;. The number of nitrogens with zero attached hydrogens (tertiary/aromatic N) is 1. The molecule has 1 aromatic rings. The van der Waals surface area contributed by atoms with Gasteiger partial charge in [-0.1, -0.05) is 0 Å². The number of hydrogen-bond donors (Lipinski definition) is 0. The molecule has 77 valence electrons. The van der Waals surface area contributed by atoms with E-state index in [4.69, 9.17) is 2.87 Å². The second kappa shape index (κ2) is 5.12. The van der Waals surface area contributed by atoms with E-state index in [9.17, 15) is 0 Å². The molecule has 2 heteroatoms. The first-order chi connectivity index (χ1) is 7.36. The maximum atomic E-state index is 4.86. The summed E-state index contributed by atoms with van der Waals surface area (Å²) in [7, 11) is 0. The van der Waals surface area contributed by atoms with Crippen molar-refractivity contribution in [3.05, 3.63) is 41.5 Å². The molecule has 0 saturated heterocycles. The van der Waals surface area contributed by atoms with Gasteiger partial charge in [0.1, 0.15) is 0 Å².